The van der Waals surface area contributed by atoms with E-state index in [1.165, 1.54) is 13.0 Å². The van der Waals surface area contributed by atoms with Crippen LogP contribution in [-0.2, 0) is 38.4 Å². The molecule has 24 nitrogen and oxygen atoms in total. The molecule has 9 amide bonds. The lowest BCUT2D eigenvalue weighted by Gasteiger charge is -2.27. The molecule has 18 N–H and O–H groups in total. The second kappa shape index (κ2) is 29.7. The van der Waals surface area contributed by atoms with Crippen LogP contribution in [0.5, 0.6) is 0 Å². The molecule has 0 radical (unpaired) electrons. The zero-order valence-electron chi connectivity index (χ0n) is 33.3. The van der Waals surface area contributed by atoms with Crippen molar-refractivity contribution in [2.75, 3.05) is 26.3 Å². The smallest absolute Gasteiger partial charge is 0.335 e. The van der Waals surface area contributed by atoms with E-state index < -0.39 is 134 Å². The third-order valence-corrected chi connectivity index (χ3v) is 8.51. The number of amides is 9. The summed E-state index contributed by atoms with van der Waals surface area (Å²) < 4.78 is 0. The molecule has 0 saturated carbocycles. The molecule has 0 spiro atoms. The van der Waals surface area contributed by atoms with Gasteiger partial charge in [0, 0.05) is 19.5 Å². The minimum Gasteiger partial charge on any atom is -0.479 e. The van der Waals surface area contributed by atoms with E-state index in [2.05, 4.69) is 38.8 Å². The van der Waals surface area contributed by atoms with Crippen molar-refractivity contribution in [3.63, 3.8) is 0 Å². The van der Waals surface area contributed by atoms with Crippen LogP contribution in [0.2, 0.25) is 0 Å². The quantitative estimate of drug-likeness (QED) is 0.0228. The Bertz CT molecular complexity index is 1430. The zero-order chi connectivity index (χ0) is 45.1. The number of aliphatic hydroxyl groups excluding tert-OH is 4. The minimum atomic E-state index is -2.62. The second-order valence-corrected chi connectivity index (χ2v) is 13.6. The molecule has 0 aromatic rings. The van der Waals surface area contributed by atoms with E-state index in [1.54, 1.807) is 6.08 Å². The van der Waals surface area contributed by atoms with E-state index in [0.29, 0.717) is 6.42 Å². The highest BCUT2D eigenvalue weighted by Gasteiger charge is 2.37. The van der Waals surface area contributed by atoms with E-state index in [9.17, 15) is 68.7 Å². The summed E-state index contributed by atoms with van der Waals surface area (Å²) in [7, 11) is 0. The van der Waals surface area contributed by atoms with E-state index in [-0.39, 0.29) is 19.4 Å². The molecule has 0 aromatic carbocycles. The second-order valence-electron chi connectivity index (χ2n) is 13.6. The number of carbonyl (C=O) groups excluding carboxylic acids is 8. The van der Waals surface area contributed by atoms with Crippen molar-refractivity contribution in [3.8, 4) is 0 Å². The number of aliphatic hydroxyl groups is 4. The number of hydrogen-bond donors (Lipinski definition) is 15. The first-order chi connectivity index (χ1) is 27.8. The van der Waals surface area contributed by atoms with Crippen LogP contribution in [0.15, 0.2) is 12.2 Å². The summed E-state index contributed by atoms with van der Waals surface area (Å²) in [5.74, 6) is -9.41. The maximum atomic E-state index is 13.5. The summed E-state index contributed by atoms with van der Waals surface area (Å²) in [6.07, 6.45) is 3.51. The Balaban J connectivity index is 6.29. The van der Waals surface area contributed by atoms with Crippen LogP contribution in [0.3, 0.4) is 0 Å². The molecule has 0 heterocycles. The maximum Gasteiger partial charge on any atom is 0.335 e. The molecule has 0 fully saturated rings. The first kappa shape index (κ1) is 53.6. The van der Waals surface area contributed by atoms with Crippen LogP contribution in [0.1, 0.15) is 78.1 Å². The van der Waals surface area contributed by atoms with Gasteiger partial charge in [-0.3, -0.25) is 33.6 Å². The number of unbranched alkanes of at least 4 members (excludes halogenated alkanes) is 5. The number of aliphatic carboxylic acids is 1. The van der Waals surface area contributed by atoms with Gasteiger partial charge in [0.05, 0.1) is 25.4 Å². The highest BCUT2D eigenvalue weighted by molar-refractivity contribution is 5.98. The Hall–Kier alpha value is -5.43. The predicted octanol–water partition coefficient (Wildman–Crippen LogP) is -5.70. The van der Waals surface area contributed by atoms with E-state index in [4.69, 9.17) is 17.2 Å². The number of hydrogen-bond acceptors (Lipinski definition) is 14. The Morgan fingerprint density at radius 1 is 0.661 bits per heavy atom. The minimum absolute atomic E-state index is 0.0172. The van der Waals surface area contributed by atoms with Crippen molar-refractivity contribution >= 4 is 53.4 Å². The van der Waals surface area contributed by atoms with Gasteiger partial charge in [-0.2, -0.15) is 0 Å². The topological polar surface area (TPSA) is 417 Å². The molecule has 0 aliphatic heterocycles. The molecule has 59 heavy (non-hydrogen) atoms. The van der Waals surface area contributed by atoms with Crippen molar-refractivity contribution in [2.24, 2.45) is 17.2 Å². The number of nitrogens with two attached hydrogens (primary N) is 3. The monoisotopic (exact) mass is 846 g/mol. The Labute approximate surface area is 341 Å². The van der Waals surface area contributed by atoms with Gasteiger partial charge in [-0.15, -0.1) is 0 Å². The lowest BCUT2D eigenvalue weighted by Crippen LogP contribution is -2.62. The fraction of sp³-hybridized carbons (Fsp3) is 0.686. The highest BCUT2D eigenvalue weighted by Crippen LogP contribution is 2.07. The third kappa shape index (κ3) is 22.9. The summed E-state index contributed by atoms with van der Waals surface area (Å²) in [5, 5.41) is 64.6. The highest BCUT2D eigenvalue weighted by atomic mass is 16.4. The van der Waals surface area contributed by atoms with Gasteiger partial charge in [-0.05, 0) is 45.1 Å². The van der Waals surface area contributed by atoms with Crippen LogP contribution < -0.4 is 54.4 Å². The van der Waals surface area contributed by atoms with Gasteiger partial charge < -0.3 is 80.0 Å². The lowest BCUT2D eigenvalue weighted by molar-refractivity contribution is -0.152. The number of carboxylic acid groups (broad SMARTS) is 1. The normalized spacial score (nSPS) is 15.2. The van der Waals surface area contributed by atoms with Crippen LogP contribution in [0.25, 0.3) is 0 Å². The first-order valence-electron chi connectivity index (χ1n) is 19.1. The van der Waals surface area contributed by atoms with Crippen molar-refractivity contribution < 1.29 is 68.7 Å². The molecule has 0 aromatic heterocycles. The molecule has 0 rings (SSSR count). The van der Waals surface area contributed by atoms with Gasteiger partial charge in [0.15, 0.2) is 6.10 Å². The molecule has 0 aliphatic rings. The van der Waals surface area contributed by atoms with Crippen LogP contribution in [0.4, 0.5) is 4.79 Å². The molecular weight excluding hydrogens is 784 g/mol. The van der Waals surface area contributed by atoms with Crippen LogP contribution in [-0.4, -0.2) is 154 Å². The number of carboxylic acids is 1. The van der Waals surface area contributed by atoms with Crippen molar-refractivity contribution in [1.82, 2.24) is 37.2 Å². The van der Waals surface area contributed by atoms with Crippen molar-refractivity contribution in [1.29, 1.82) is 0 Å². The summed E-state index contributed by atoms with van der Waals surface area (Å²) in [4.78, 5) is 113. The first-order valence-corrected chi connectivity index (χ1v) is 19.1. The van der Waals surface area contributed by atoms with Crippen LogP contribution in [0, 0.1) is 0 Å². The van der Waals surface area contributed by atoms with Gasteiger partial charge in [0.1, 0.15) is 30.2 Å². The lowest BCUT2D eigenvalue weighted by atomic mass is 10.1. The van der Waals surface area contributed by atoms with E-state index in [1.807, 2.05) is 5.32 Å². The molecule has 8 atom stereocenters. The Morgan fingerprint density at radius 2 is 1.25 bits per heavy atom. The Kier molecular flexibility index (Phi) is 27.0. The summed E-state index contributed by atoms with van der Waals surface area (Å²) in [5.41, 5.74) is 15.8. The largest absolute Gasteiger partial charge is 0.479 e. The molecule has 24 heteroatoms. The zero-order valence-corrected chi connectivity index (χ0v) is 33.3. The third-order valence-electron chi connectivity index (χ3n) is 8.51. The summed E-state index contributed by atoms with van der Waals surface area (Å²) in [6.45, 7) is 0.957. The number of nitrogens with one attached hydrogen (secondary N) is 7. The molecule has 0 bridgehead atoms. The average Bonchev–Trinajstić information content (AvgIpc) is 3.17. The fourth-order valence-electron chi connectivity index (χ4n) is 5.13. The van der Waals surface area contributed by atoms with E-state index in [0.717, 1.165) is 32.1 Å². The Morgan fingerprint density at radius 3 is 1.81 bits per heavy atom. The number of carbonyl (C=O) groups is 9. The van der Waals surface area contributed by atoms with Crippen molar-refractivity contribution in [2.45, 2.75) is 127 Å². The van der Waals surface area contributed by atoms with Gasteiger partial charge in [0.2, 0.25) is 41.4 Å². The van der Waals surface area contributed by atoms with Crippen molar-refractivity contribution in [3.05, 3.63) is 12.2 Å². The standard InChI is InChI=1S/C35H62N10O14/c1-3-4-5-6-7-8-9-12-25(50)42-21(11-10-14-40-35(38)59)29(52)44-23(18-47)31(54)43-22(13-15-39-32(55)26(37)19(2)48)30(53)45-27(28(51)34(57)58)33(56)41-20(17-46)16-24(36)49/h9,12,19-23,26-28,46-48,51H,3-8,10-11,13-18,37H2,1-2H3,(H2,36,49)(H,39,55)(H,41,56)(H,42,50)(H,43,54)(H,44,52)(H,45,53)(H,57,58)(H3,38,40,59)/b12-9-/t19-,20-,21+,22-,23-,26-,27-,28-/m0/s1. The van der Waals surface area contributed by atoms with E-state index >= 15 is 0 Å². The molecule has 336 valence electrons. The van der Waals surface area contributed by atoms with Gasteiger partial charge in [-0.25, -0.2) is 9.59 Å². The average molecular weight is 847 g/mol. The van der Waals surface area contributed by atoms with Gasteiger partial charge >= 0.3 is 12.0 Å². The van der Waals surface area contributed by atoms with Gasteiger partial charge in [-0.1, -0.05) is 38.7 Å². The number of rotatable bonds is 31. The molecule has 0 saturated heterocycles. The van der Waals surface area contributed by atoms with Gasteiger partial charge in [0.25, 0.3) is 0 Å². The fourth-order valence-corrected chi connectivity index (χ4v) is 5.13. The molecule has 0 unspecified atom stereocenters. The maximum absolute atomic E-state index is 13.5. The predicted molar refractivity (Wildman–Crippen MR) is 208 cm³/mol. The number of allylic oxidation sites excluding steroid dienone is 1. The number of primary amides is 2. The summed E-state index contributed by atoms with van der Waals surface area (Å²) in [6, 6.07) is -10.8. The number of urea groups is 1. The molecular formula is C35H62N10O14. The SMILES string of the molecule is CCCCCCC/C=C\C(=O)N[C@H](CCCNC(N)=O)C(=O)N[C@@H](CO)C(=O)N[C@@H](CCNC(=O)[C@@H](N)[C@H](C)O)C(=O)N[C@H](C(=O)N[C@H](CO)CC(N)=O)[C@H](O)C(=O)O. The molecule has 0 aliphatic carbocycles. The van der Waals surface area contributed by atoms with Crippen LogP contribution >= 0.6 is 0 Å². The summed E-state index contributed by atoms with van der Waals surface area (Å²) >= 11 is 0.